The summed E-state index contributed by atoms with van der Waals surface area (Å²) >= 11 is 0. The predicted molar refractivity (Wildman–Crippen MR) is 96.2 cm³/mol. The van der Waals surface area contributed by atoms with Gasteiger partial charge < -0.3 is 14.7 Å². The van der Waals surface area contributed by atoms with Crippen LogP contribution in [0.15, 0.2) is 48.7 Å². The highest BCUT2D eigenvalue weighted by atomic mass is 16.2. The van der Waals surface area contributed by atoms with Crippen molar-refractivity contribution in [2.24, 2.45) is 0 Å². The Balaban J connectivity index is 1.70. The summed E-state index contributed by atoms with van der Waals surface area (Å²) in [4.78, 5) is 23.2. The van der Waals surface area contributed by atoms with Crippen molar-refractivity contribution < 1.29 is 4.79 Å². The number of nitrogens with zero attached hydrogens (tertiary/aromatic N) is 4. The zero-order valence-electron chi connectivity index (χ0n) is 14.4. The first-order valence-corrected chi connectivity index (χ1v) is 8.32. The monoisotopic (exact) mass is 324 g/mol. The van der Waals surface area contributed by atoms with Crippen molar-refractivity contribution in [3.63, 3.8) is 0 Å². The molecule has 1 aromatic carbocycles. The van der Waals surface area contributed by atoms with E-state index in [0.29, 0.717) is 5.69 Å². The minimum absolute atomic E-state index is 0.0260. The van der Waals surface area contributed by atoms with Crippen LogP contribution in [-0.4, -0.2) is 61.0 Å². The van der Waals surface area contributed by atoms with Gasteiger partial charge >= 0.3 is 0 Å². The van der Waals surface area contributed by atoms with Gasteiger partial charge in [-0.1, -0.05) is 30.3 Å². The minimum Gasteiger partial charge on any atom is -0.370 e. The molecule has 3 rings (SSSR count). The molecule has 2 aromatic rings. The van der Waals surface area contributed by atoms with Crippen molar-refractivity contribution in [2.75, 3.05) is 45.2 Å². The van der Waals surface area contributed by atoms with Gasteiger partial charge in [0, 0.05) is 51.7 Å². The molecule has 0 atom stereocenters. The zero-order valence-corrected chi connectivity index (χ0v) is 14.4. The topological polar surface area (TPSA) is 39.7 Å². The standard InChI is InChI=1S/C19H24N4O/c1-21-10-12-23(13-11-21)19(24)18-14-17(8-9-20-18)22(2)15-16-6-4-3-5-7-16/h3-9,14H,10-13,15H2,1-2H3. The van der Waals surface area contributed by atoms with Gasteiger partial charge in [-0.3, -0.25) is 9.78 Å². The van der Waals surface area contributed by atoms with Crippen LogP contribution < -0.4 is 4.90 Å². The molecule has 0 unspecified atom stereocenters. The van der Waals surface area contributed by atoms with Crippen LogP contribution in [0.3, 0.4) is 0 Å². The fourth-order valence-electron chi connectivity index (χ4n) is 2.89. The Labute approximate surface area is 143 Å². The lowest BCUT2D eigenvalue weighted by Crippen LogP contribution is -2.47. The van der Waals surface area contributed by atoms with Crippen LogP contribution in [0.5, 0.6) is 0 Å². The third kappa shape index (κ3) is 3.92. The molecule has 5 nitrogen and oxygen atoms in total. The number of hydrogen-bond donors (Lipinski definition) is 0. The fourth-order valence-corrected chi connectivity index (χ4v) is 2.89. The predicted octanol–water partition coefficient (Wildman–Crippen LogP) is 2.11. The normalized spacial score (nSPS) is 15.3. The highest BCUT2D eigenvalue weighted by Crippen LogP contribution is 2.17. The molecule has 1 aliphatic rings. The number of benzene rings is 1. The Morgan fingerprint density at radius 3 is 2.54 bits per heavy atom. The lowest BCUT2D eigenvalue weighted by Gasteiger charge is -2.32. The van der Waals surface area contributed by atoms with Gasteiger partial charge in [0.05, 0.1) is 0 Å². The molecule has 2 heterocycles. The van der Waals surface area contributed by atoms with Crippen LogP contribution in [0.2, 0.25) is 0 Å². The van der Waals surface area contributed by atoms with E-state index >= 15 is 0 Å². The van der Waals surface area contributed by atoms with E-state index in [1.165, 1.54) is 5.56 Å². The van der Waals surface area contributed by atoms with Gasteiger partial charge in [-0.25, -0.2) is 0 Å². The summed E-state index contributed by atoms with van der Waals surface area (Å²) < 4.78 is 0. The van der Waals surface area contributed by atoms with E-state index in [0.717, 1.165) is 38.4 Å². The molecule has 0 radical (unpaired) electrons. The van der Waals surface area contributed by atoms with E-state index < -0.39 is 0 Å². The van der Waals surface area contributed by atoms with E-state index in [-0.39, 0.29) is 5.91 Å². The van der Waals surface area contributed by atoms with Gasteiger partial charge in [0.1, 0.15) is 5.69 Å². The van der Waals surface area contributed by atoms with Gasteiger partial charge in [-0.15, -0.1) is 0 Å². The number of carbonyl (C=O) groups is 1. The number of carbonyl (C=O) groups excluding carboxylic acids is 1. The second-order valence-electron chi connectivity index (χ2n) is 6.34. The molecule has 1 aromatic heterocycles. The molecule has 0 aliphatic carbocycles. The number of piperazine rings is 1. The fraction of sp³-hybridized carbons (Fsp3) is 0.368. The molecule has 0 spiro atoms. The molecule has 24 heavy (non-hydrogen) atoms. The number of likely N-dealkylation sites (N-methyl/N-ethyl adjacent to an activating group) is 1. The maximum absolute atomic E-state index is 12.7. The summed E-state index contributed by atoms with van der Waals surface area (Å²) in [6, 6.07) is 14.1. The van der Waals surface area contributed by atoms with Crippen molar-refractivity contribution in [1.82, 2.24) is 14.8 Å². The molecular weight excluding hydrogens is 300 g/mol. The van der Waals surface area contributed by atoms with Gasteiger partial charge in [0.2, 0.25) is 0 Å². The number of pyridine rings is 1. The maximum atomic E-state index is 12.7. The summed E-state index contributed by atoms with van der Waals surface area (Å²) in [6.07, 6.45) is 1.72. The molecule has 0 N–H and O–H groups in total. The third-order valence-electron chi connectivity index (χ3n) is 4.46. The summed E-state index contributed by atoms with van der Waals surface area (Å²) in [5.74, 6) is 0.0260. The summed E-state index contributed by atoms with van der Waals surface area (Å²) in [7, 11) is 4.12. The summed E-state index contributed by atoms with van der Waals surface area (Å²) in [5, 5.41) is 0. The van der Waals surface area contributed by atoms with E-state index in [1.807, 2.05) is 42.3 Å². The molecule has 0 bridgehead atoms. The van der Waals surface area contributed by atoms with Crippen LogP contribution >= 0.6 is 0 Å². The minimum atomic E-state index is 0.0260. The quantitative estimate of drug-likeness (QED) is 0.863. The van der Waals surface area contributed by atoms with Crippen LogP contribution in [0.1, 0.15) is 16.1 Å². The van der Waals surface area contributed by atoms with Crippen molar-refractivity contribution in [3.8, 4) is 0 Å². The molecule has 1 aliphatic heterocycles. The van der Waals surface area contributed by atoms with Gasteiger partial charge in [-0.05, 0) is 24.7 Å². The number of rotatable bonds is 4. The second-order valence-corrected chi connectivity index (χ2v) is 6.34. The lowest BCUT2D eigenvalue weighted by atomic mass is 10.2. The van der Waals surface area contributed by atoms with Gasteiger partial charge in [-0.2, -0.15) is 0 Å². The van der Waals surface area contributed by atoms with Crippen LogP contribution in [-0.2, 0) is 6.54 Å². The van der Waals surface area contributed by atoms with Crippen molar-refractivity contribution in [3.05, 3.63) is 59.9 Å². The maximum Gasteiger partial charge on any atom is 0.272 e. The van der Waals surface area contributed by atoms with Crippen LogP contribution in [0, 0.1) is 0 Å². The molecular formula is C19H24N4O. The molecule has 1 amide bonds. The largest absolute Gasteiger partial charge is 0.370 e. The van der Waals surface area contributed by atoms with Crippen molar-refractivity contribution >= 4 is 11.6 Å². The Kier molecular flexibility index (Phi) is 5.11. The van der Waals surface area contributed by atoms with Crippen molar-refractivity contribution in [1.29, 1.82) is 0 Å². The SMILES string of the molecule is CN1CCN(C(=O)c2cc(N(C)Cc3ccccc3)ccn2)CC1. The van der Waals surface area contributed by atoms with Crippen molar-refractivity contribution in [2.45, 2.75) is 6.54 Å². The van der Waals surface area contributed by atoms with Crippen LogP contribution in [0.4, 0.5) is 5.69 Å². The third-order valence-corrected chi connectivity index (χ3v) is 4.46. The zero-order chi connectivity index (χ0) is 16.9. The average Bonchev–Trinajstić information content (AvgIpc) is 2.63. The Morgan fingerprint density at radius 1 is 1.12 bits per heavy atom. The first-order chi connectivity index (χ1) is 11.6. The van der Waals surface area contributed by atoms with E-state index in [9.17, 15) is 4.79 Å². The number of hydrogen-bond acceptors (Lipinski definition) is 4. The first kappa shape index (κ1) is 16.5. The number of amides is 1. The number of aromatic nitrogens is 1. The lowest BCUT2D eigenvalue weighted by molar-refractivity contribution is 0.0658. The number of anilines is 1. The molecule has 1 fully saturated rings. The smallest absolute Gasteiger partial charge is 0.272 e. The molecule has 0 saturated carbocycles. The Hall–Kier alpha value is -2.40. The molecule has 1 saturated heterocycles. The average molecular weight is 324 g/mol. The molecule has 5 heteroatoms. The van der Waals surface area contributed by atoms with E-state index in [4.69, 9.17) is 0 Å². The van der Waals surface area contributed by atoms with Crippen LogP contribution in [0.25, 0.3) is 0 Å². The van der Waals surface area contributed by atoms with Gasteiger partial charge in [0.25, 0.3) is 5.91 Å². The summed E-state index contributed by atoms with van der Waals surface area (Å²) in [5.41, 5.74) is 2.77. The highest BCUT2D eigenvalue weighted by molar-refractivity contribution is 5.93. The highest BCUT2D eigenvalue weighted by Gasteiger charge is 2.21. The summed E-state index contributed by atoms with van der Waals surface area (Å²) in [6.45, 7) is 4.16. The van der Waals surface area contributed by atoms with Gasteiger partial charge in [0.15, 0.2) is 0 Å². The molecule has 126 valence electrons. The Morgan fingerprint density at radius 2 is 1.83 bits per heavy atom. The van der Waals surface area contributed by atoms with E-state index in [2.05, 4.69) is 34.0 Å². The first-order valence-electron chi connectivity index (χ1n) is 8.32. The van der Waals surface area contributed by atoms with E-state index in [1.54, 1.807) is 6.20 Å². The Bertz CT molecular complexity index is 681. The second kappa shape index (κ2) is 7.45.